The van der Waals surface area contributed by atoms with Gasteiger partial charge in [-0.05, 0) is 47.0 Å². The topological polar surface area (TPSA) is 75.3 Å². The third-order valence-corrected chi connectivity index (χ3v) is 3.81. The van der Waals surface area contributed by atoms with E-state index in [4.69, 9.17) is 5.73 Å². The van der Waals surface area contributed by atoms with Crippen LogP contribution in [0.4, 0.5) is 0 Å². The summed E-state index contributed by atoms with van der Waals surface area (Å²) in [6, 6.07) is 0.154. The van der Waals surface area contributed by atoms with Gasteiger partial charge in [0.2, 0.25) is 5.91 Å². The molecule has 1 amide bonds. The molecule has 0 heterocycles. The van der Waals surface area contributed by atoms with E-state index in [-0.39, 0.29) is 17.9 Å². The molecule has 0 aromatic rings. The Balaban J connectivity index is 2.58. The van der Waals surface area contributed by atoms with E-state index in [2.05, 4.69) is 5.32 Å². The highest BCUT2D eigenvalue weighted by Crippen LogP contribution is 2.27. The van der Waals surface area contributed by atoms with E-state index in [0.29, 0.717) is 0 Å². The molecule has 0 aromatic heterocycles. The Labute approximate surface area is 97.6 Å². The van der Waals surface area contributed by atoms with Crippen molar-refractivity contribution in [3.8, 4) is 0 Å². The van der Waals surface area contributed by atoms with Crippen molar-refractivity contribution in [3.63, 3.8) is 0 Å². The summed E-state index contributed by atoms with van der Waals surface area (Å²) in [5.74, 6) is 0.0247. The van der Waals surface area contributed by atoms with E-state index in [1.165, 1.54) is 0 Å². The molecule has 4 nitrogen and oxygen atoms in total. The molecule has 0 bridgehead atoms. The van der Waals surface area contributed by atoms with E-state index in [9.17, 15) is 9.90 Å². The van der Waals surface area contributed by atoms with Crippen LogP contribution in [0.25, 0.3) is 0 Å². The summed E-state index contributed by atoms with van der Waals surface area (Å²) in [4.78, 5) is 12.0. The first-order valence-corrected chi connectivity index (χ1v) is 5.93. The van der Waals surface area contributed by atoms with Gasteiger partial charge in [-0.1, -0.05) is 0 Å². The van der Waals surface area contributed by atoms with Crippen molar-refractivity contribution >= 4 is 5.91 Å². The van der Waals surface area contributed by atoms with Crippen LogP contribution in [-0.2, 0) is 4.79 Å². The van der Waals surface area contributed by atoms with Crippen LogP contribution in [0.5, 0.6) is 0 Å². The summed E-state index contributed by atoms with van der Waals surface area (Å²) >= 11 is 0. The zero-order valence-corrected chi connectivity index (χ0v) is 10.7. The van der Waals surface area contributed by atoms with Gasteiger partial charge in [0.15, 0.2) is 0 Å². The Morgan fingerprint density at radius 3 is 2.25 bits per heavy atom. The van der Waals surface area contributed by atoms with Crippen LogP contribution in [0, 0.1) is 5.92 Å². The third kappa shape index (κ3) is 2.95. The molecule has 0 radical (unpaired) electrons. The van der Waals surface area contributed by atoms with Crippen molar-refractivity contribution in [3.05, 3.63) is 0 Å². The molecule has 16 heavy (non-hydrogen) atoms. The predicted molar refractivity (Wildman–Crippen MR) is 63.8 cm³/mol. The molecule has 1 fully saturated rings. The largest absolute Gasteiger partial charge is 0.388 e. The fourth-order valence-corrected chi connectivity index (χ4v) is 1.82. The highest BCUT2D eigenvalue weighted by Gasteiger charge is 2.38. The first-order valence-electron chi connectivity index (χ1n) is 5.93. The van der Waals surface area contributed by atoms with Crippen molar-refractivity contribution in [1.82, 2.24) is 5.32 Å². The van der Waals surface area contributed by atoms with Crippen LogP contribution in [0.15, 0.2) is 0 Å². The molecule has 0 spiro atoms. The lowest BCUT2D eigenvalue weighted by Gasteiger charge is -2.38. The molecule has 2 unspecified atom stereocenters. The fraction of sp³-hybridized carbons (Fsp3) is 0.917. The summed E-state index contributed by atoms with van der Waals surface area (Å²) in [7, 11) is 0. The number of aliphatic hydroxyl groups is 1. The Hall–Kier alpha value is -0.610. The molecule has 1 aliphatic carbocycles. The van der Waals surface area contributed by atoms with Crippen molar-refractivity contribution in [2.75, 3.05) is 0 Å². The number of rotatable bonds is 3. The second-order valence-corrected chi connectivity index (χ2v) is 5.94. The van der Waals surface area contributed by atoms with Gasteiger partial charge in [0.25, 0.3) is 0 Å². The molecule has 1 rings (SSSR count). The van der Waals surface area contributed by atoms with Gasteiger partial charge in [-0.2, -0.15) is 0 Å². The van der Waals surface area contributed by atoms with Crippen LogP contribution < -0.4 is 11.1 Å². The van der Waals surface area contributed by atoms with Crippen molar-refractivity contribution in [2.24, 2.45) is 11.7 Å². The minimum atomic E-state index is -0.941. The first kappa shape index (κ1) is 13.5. The fourth-order valence-electron chi connectivity index (χ4n) is 1.82. The highest BCUT2D eigenvalue weighted by molar-refractivity contribution is 5.79. The average Bonchev–Trinajstić information content (AvgIpc) is 2.48. The molecule has 0 aliphatic heterocycles. The average molecular weight is 228 g/mol. The van der Waals surface area contributed by atoms with Gasteiger partial charge in [0.1, 0.15) is 0 Å². The minimum Gasteiger partial charge on any atom is -0.388 e. The molecule has 1 saturated carbocycles. The number of nitrogens with one attached hydrogen (secondary N) is 1. The Morgan fingerprint density at radius 1 is 1.31 bits per heavy atom. The Morgan fingerprint density at radius 2 is 1.88 bits per heavy atom. The lowest BCUT2D eigenvalue weighted by atomic mass is 9.85. The Bertz CT molecular complexity index is 269. The van der Waals surface area contributed by atoms with Gasteiger partial charge in [-0.15, -0.1) is 0 Å². The standard InChI is InChI=1S/C12H24N2O2/c1-11(2,12(3,4)16)14-10(15)8-5-6-9(13)7-8/h8-9,16H,5-7,13H2,1-4H3,(H,14,15). The van der Waals surface area contributed by atoms with E-state index < -0.39 is 11.1 Å². The van der Waals surface area contributed by atoms with Crippen LogP contribution in [0.3, 0.4) is 0 Å². The normalized spacial score (nSPS) is 26.9. The van der Waals surface area contributed by atoms with E-state index in [0.717, 1.165) is 19.3 Å². The highest BCUT2D eigenvalue weighted by atomic mass is 16.3. The van der Waals surface area contributed by atoms with Crippen LogP contribution in [-0.4, -0.2) is 28.2 Å². The lowest BCUT2D eigenvalue weighted by molar-refractivity contribution is -0.130. The molecule has 4 heteroatoms. The monoisotopic (exact) mass is 228 g/mol. The van der Waals surface area contributed by atoms with E-state index >= 15 is 0 Å². The van der Waals surface area contributed by atoms with Gasteiger partial charge in [0, 0.05) is 12.0 Å². The van der Waals surface area contributed by atoms with Gasteiger partial charge in [-0.25, -0.2) is 0 Å². The molecule has 1 aliphatic rings. The molecule has 94 valence electrons. The van der Waals surface area contributed by atoms with Gasteiger partial charge < -0.3 is 16.2 Å². The number of hydrogen-bond donors (Lipinski definition) is 3. The maximum absolute atomic E-state index is 12.0. The van der Waals surface area contributed by atoms with Gasteiger partial charge in [0.05, 0.1) is 11.1 Å². The van der Waals surface area contributed by atoms with Crippen LogP contribution in [0.2, 0.25) is 0 Å². The molecule has 0 saturated heterocycles. The summed E-state index contributed by atoms with van der Waals surface area (Å²) in [6.45, 7) is 7.07. The number of carbonyl (C=O) groups is 1. The summed E-state index contributed by atoms with van der Waals surface area (Å²) in [5, 5.41) is 12.9. The van der Waals surface area contributed by atoms with Gasteiger partial charge >= 0.3 is 0 Å². The van der Waals surface area contributed by atoms with Crippen LogP contribution in [0.1, 0.15) is 47.0 Å². The smallest absolute Gasteiger partial charge is 0.223 e. The molecule has 0 aromatic carbocycles. The minimum absolute atomic E-state index is 0.0108. The second-order valence-electron chi connectivity index (χ2n) is 5.94. The molecular formula is C12H24N2O2. The second kappa shape index (κ2) is 4.34. The number of nitrogens with two attached hydrogens (primary N) is 1. The molecular weight excluding hydrogens is 204 g/mol. The van der Waals surface area contributed by atoms with Crippen molar-refractivity contribution in [1.29, 1.82) is 0 Å². The summed E-state index contributed by atoms with van der Waals surface area (Å²) in [5.41, 5.74) is 4.21. The Kier molecular flexibility index (Phi) is 3.65. The zero-order valence-electron chi connectivity index (χ0n) is 10.7. The third-order valence-electron chi connectivity index (χ3n) is 3.81. The number of amides is 1. The lowest BCUT2D eigenvalue weighted by Crippen LogP contribution is -2.58. The molecule has 2 atom stereocenters. The maximum Gasteiger partial charge on any atom is 0.223 e. The van der Waals surface area contributed by atoms with E-state index in [1.54, 1.807) is 13.8 Å². The quantitative estimate of drug-likeness (QED) is 0.668. The molecule has 4 N–H and O–H groups in total. The number of carbonyl (C=O) groups excluding carboxylic acids is 1. The predicted octanol–water partition coefficient (Wildman–Crippen LogP) is 0.780. The zero-order chi connectivity index (χ0) is 12.6. The van der Waals surface area contributed by atoms with Crippen molar-refractivity contribution < 1.29 is 9.90 Å². The maximum atomic E-state index is 12.0. The SMILES string of the molecule is CC(C)(O)C(C)(C)NC(=O)C1CCC(N)C1. The number of hydrogen-bond acceptors (Lipinski definition) is 3. The summed E-state index contributed by atoms with van der Waals surface area (Å²) in [6.07, 6.45) is 2.53. The summed E-state index contributed by atoms with van der Waals surface area (Å²) < 4.78 is 0. The van der Waals surface area contributed by atoms with Crippen LogP contribution >= 0.6 is 0 Å². The van der Waals surface area contributed by atoms with Crippen molar-refractivity contribution in [2.45, 2.75) is 64.1 Å². The van der Waals surface area contributed by atoms with Gasteiger partial charge in [-0.3, -0.25) is 4.79 Å². The van der Waals surface area contributed by atoms with E-state index in [1.807, 2.05) is 13.8 Å². The first-order chi connectivity index (χ1) is 7.13.